The zero-order chi connectivity index (χ0) is 22.9. The van der Waals surface area contributed by atoms with Gasteiger partial charge in [0, 0.05) is 18.5 Å². The Morgan fingerprint density at radius 3 is 2.56 bits per heavy atom. The minimum absolute atomic E-state index is 0.199. The number of nitrogens with zero attached hydrogens (tertiary/aromatic N) is 3. The molecule has 4 rings (SSSR count). The van der Waals surface area contributed by atoms with Crippen LogP contribution < -0.4 is 4.72 Å². The number of sulfonamides is 1. The Bertz CT molecular complexity index is 1360. The number of aryl methyl sites for hydroxylation is 1. The van der Waals surface area contributed by atoms with Gasteiger partial charge in [-0.05, 0) is 36.1 Å². The Morgan fingerprint density at radius 1 is 1.16 bits per heavy atom. The summed E-state index contributed by atoms with van der Waals surface area (Å²) in [4.78, 5) is 20.9. The lowest BCUT2D eigenvalue weighted by Crippen LogP contribution is -2.26. The van der Waals surface area contributed by atoms with Gasteiger partial charge in [-0.25, -0.2) is 13.4 Å². The molecule has 9 heteroatoms. The predicted molar refractivity (Wildman–Crippen MR) is 129 cm³/mol. The average Bonchev–Trinajstić information content (AvgIpc) is 3.34. The molecule has 0 spiro atoms. The fourth-order valence-electron chi connectivity index (χ4n) is 3.69. The number of rotatable bonds is 7. The Hall–Kier alpha value is -3.17. The van der Waals surface area contributed by atoms with Gasteiger partial charge in [0.2, 0.25) is 10.0 Å². The first-order chi connectivity index (χ1) is 15.2. The van der Waals surface area contributed by atoms with Crippen LogP contribution in [-0.2, 0) is 23.1 Å². The number of thiophene rings is 1. The van der Waals surface area contributed by atoms with E-state index in [1.165, 1.54) is 0 Å². The quantitative estimate of drug-likeness (QED) is 0.443. The van der Waals surface area contributed by atoms with Crippen LogP contribution >= 0.6 is 11.3 Å². The summed E-state index contributed by atoms with van der Waals surface area (Å²) in [5.41, 5.74) is 3.06. The van der Waals surface area contributed by atoms with E-state index in [2.05, 4.69) is 9.71 Å². The Kier molecular flexibility index (Phi) is 6.03. The minimum atomic E-state index is -3.51. The number of amides is 1. The van der Waals surface area contributed by atoms with Crippen LogP contribution in [0.5, 0.6) is 0 Å². The average molecular weight is 469 g/mol. The van der Waals surface area contributed by atoms with Gasteiger partial charge in [0.05, 0.1) is 35.1 Å². The van der Waals surface area contributed by atoms with Crippen LogP contribution in [0.15, 0.2) is 60.0 Å². The molecule has 0 aliphatic heterocycles. The van der Waals surface area contributed by atoms with Crippen LogP contribution in [0.1, 0.15) is 26.6 Å². The number of imidazole rings is 1. The van der Waals surface area contributed by atoms with Crippen molar-refractivity contribution in [3.63, 3.8) is 0 Å². The standard InChI is InChI=1S/C23H24N4O3S2/c1-16-24-21-13-18(25-32(3,29)30)12-20(23(28)26(2)15-19-10-7-11-31-19)22(21)27(16)14-17-8-5-4-6-9-17/h4-13,25H,14-15H2,1-3H3. The fourth-order valence-corrected chi connectivity index (χ4v) is 5.00. The van der Waals surface area contributed by atoms with Gasteiger partial charge in [0.15, 0.2) is 0 Å². The summed E-state index contributed by atoms with van der Waals surface area (Å²) in [7, 11) is -1.76. The second-order valence-electron chi connectivity index (χ2n) is 7.74. The third kappa shape index (κ3) is 4.84. The summed E-state index contributed by atoms with van der Waals surface area (Å²) in [6, 6.07) is 17.1. The molecular formula is C23H24N4O3S2. The van der Waals surface area contributed by atoms with Crippen molar-refractivity contribution in [3.05, 3.63) is 81.8 Å². The molecule has 0 unspecified atom stereocenters. The van der Waals surface area contributed by atoms with E-state index >= 15 is 0 Å². The maximum atomic E-state index is 13.5. The highest BCUT2D eigenvalue weighted by molar-refractivity contribution is 7.92. The summed E-state index contributed by atoms with van der Waals surface area (Å²) in [5, 5.41) is 1.97. The summed E-state index contributed by atoms with van der Waals surface area (Å²) in [6.07, 6.45) is 1.08. The van der Waals surface area contributed by atoms with Crippen LogP contribution in [0.4, 0.5) is 5.69 Å². The van der Waals surface area contributed by atoms with Gasteiger partial charge in [-0.3, -0.25) is 9.52 Å². The van der Waals surface area contributed by atoms with Crippen molar-refractivity contribution in [2.75, 3.05) is 18.0 Å². The first kappa shape index (κ1) is 22.0. The Balaban J connectivity index is 1.83. The molecule has 0 radical (unpaired) electrons. The monoisotopic (exact) mass is 468 g/mol. The van der Waals surface area contributed by atoms with Crippen molar-refractivity contribution in [2.24, 2.45) is 0 Å². The summed E-state index contributed by atoms with van der Waals surface area (Å²) in [5.74, 6) is 0.546. The summed E-state index contributed by atoms with van der Waals surface area (Å²) >= 11 is 1.58. The lowest BCUT2D eigenvalue weighted by molar-refractivity contribution is 0.0788. The van der Waals surface area contributed by atoms with E-state index in [1.807, 2.05) is 59.3 Å². The number of carbonyl (C=O) groups is 1. The zero-order valence-corrected chi connectivity index (χ0v) is 19.7. The molecule has 7 nitrogen and oxygen atoms in total. The van der Waals surface area contributed by atoms with Gasteiger partial charge in [-0.2, -0.15) is 0 Å². The molecule has 0 saturated carbocycles. The maximum Gasteiger partial charge on any atom is 0.256 e. The van der Waals surface area contributed by atoms with E-state index in [1.54, 1.807) is 35.4 Å². The fraction of sp³-hybridized carbons (Fsp3) is 0.217. The largest absolute Gasteiger partial charge is 0.336 e. The highest BCUT2D eigenvalue weighted by Crippen LogP contribution is 2.28. The molecule has 4 aromatic rings. The molecule has 0 aliphatic carbocycles. The van der Waals surface area contributed by atoms with E-state index in [4.69, 9.17) is 0 Å². The lowest BCUT2D eigenvalue weighted by atomic mass is 10.1. The van der Waals surface area contributed by atoms with Gasteiger partial charge in [0.25, 0.3) is 5.91 Å². The molecule has 0 saturated heterocycles. The topological polar surface area (TPSA) is 84.3 Å². The number of aromatic nitrogens is 2. The van der Waals surface area contributed by atoms with E-state index < -0.39 is 10.0 Å². The molecule has 1 N–H and O–H groups in total. The van der Waals surface area contributed by atoms with Gasteiger partial charge in [-0.1, -0.05) is 36.4 Å². The first-order valence-electron chi connectivity index (χ1n) is 10.0. The van der Waals surface area contributed by atoms with Crippen molar-refractivity contribution in [3.8, 4) is 0 Å². The van der Waals surface area contributed by atoms with Gasteiger partial charge in [0.1, 0.15) is 5.82 Å². The SMILES string of the molecule is Cc1nc2cc(NS(C)(=O)=O)cc(C(=O)N(C)Cc3cccs3)c2n1Cc1ccccc1. The van der Waals surface area contributed by atoms with Crippen molar-refractivity contribution < 1.29 is 13.2 Å². The maximum absolute atomic E-state index is 13.5. The second kappa shape index (κ2) is 8.76. The molecule has 0 aliphatic rings. The molecule has 2 heterocycles. The third-order valence-electron chi connectivity index (χ3n) is 5.07. The molecule has 0 fully saturated rings. The van der Waals surface area contributed by atoms with Gasteiger partial charge in [-0.15, -0.1) is 11.3 Å². The molecule has 166 valence electrons. The van der Waals surface area contributed by atoms with Crippen LogP contribution in [0, 0.1) is 6.92 Å². The van der Waals surface area contributed by atoms with Gasteiger partial charge < -0.3 is 9.47 Å². The molecule has 32 heavy (non-hydrogen) atoms. The molecule has 1 amide bonds. The third-order valence-corrected chi connectivity index (χ3v) is 6.54. The highest BCUT2D eigenvalue weighted by atomic mass is 32.2. The number of carbonyl (C=O) groups excluding carboxylic acids is 1. The number of anilines is 1. The van der Waals surface area contributed by atoms with Crippen LogP contribution in [0.3, 0.4) is 0 Å². The number of fused-ring (bicyclic) bond motifs is 1. The number of nitrogens with one attached hydrogen (secondary N) is 1. The highest BCUT2D eigenvalue weighted by Gasteiger charge is 2.22. The summed E-state index contributed by atoms with van der Waals surface area (Å²) < 4.78 is 28.2. The number of hydrogen-bond acceptors (Lipinski definition) is 5. The van der Waals surface area contributed by atoms with Crippen molar-refractivity contribution in [1.29, 1.82) is 0 Å². The van der Waals surface area contributed by atoms with Crippen molar-refractivity contribution >= 4 is 44.0 Å². The lowest BCUT2D eigenvalue weighted by Gasteiger charge is -2.19. The van der Waals surface area contributed by atoms with Crippen LogP contribution in [0.2, 0.25) is 0 Å². The second-order valence-corrected chi connectivity index (χ2v) is 10.5. The summed E-state index contributed by atoms with van der Waals surface area (Å²) in [6.45, 7) is 2.90. The zero-order valence-electron chi connectivity index (χ0n) is 18.1. The predicted octanol–water partition coefficient (Wildman–Crippen LogP) is 4.10. The van der Waals surface area contributed by atoms with E-state index in [-0.39, 0.29) is 5.91 Å². The van der Waals surface area contributed by atoms with Crippen molar-refractivity contribution in [1.82, 2.24) is 14.5 Å². The number of hydrogen-bond donors (Lipinski definition) is 1. The minimum Gasteiger partial charge on any atom is -0.336 e. The van der Waals surface area contributed by atoms with Crippen LogP contribution in [0.25, 0.3) is 11.0 Å². The van der Waals surface area contributed by atoms with E-state index in [0.29, 0.717) is 35.4 Å². The van der Waals surface area contributed by atoms with Crippen LogP contribution in [-0.4, -0.2) is 42.1 Å². The first-order valence-corrected chi connectivity index (χ1v) is 12.8. The van der Waals surface area contributed by atoms with E-state index in [0.717, 1.165) is 22.5 Å². The molecular weight excluding hydrogens is 444 g/mol. The smallest absolute Gasteiger partial charge is 0.256 e. The Morgan fingerprint density at radius 2 is 1.91 bits per heavy atom. The van der Waals surface area contributed by atoms with Gasteiger partial charge >= 0.3 is 0 Å². The molecule has 2 aromatic heterocycles. The normalized spacial score (nSPS) is 11.6. The molecule has 0 atom stereocenters. The van der Waals surface area contributed by atoms with Crippen molar-refractivity contribution in [2.45, 2.75) is 20.0 Å². The number of benzene rings is 2. The molecule has 2 aromatic carbocycles. The van der Waals surface area contributed by atoms with E-state index in [9.17, 15) is 13.2 Å². The Labute approximate surface area is 191 Å². The molecule has 0 bridgehead atoms.